The monoisotopic (exact) mass is 350 g/mol. The molecular weight excluding hydrogens is 332 g/mol. The number of methoxy groups -OCH3 is 2. The molecule has 2 aromatic rings. The van der Waals surface area contributed by atoms with Crippen LogP contribution in [0.4, 0.5) is 5.69 Å². The smallest absolute Gasteiger partial charge is 0.165 e. The highest BCUT2D eigenvalue weighted by Crippen LogP contribution is 2.30. The number of nitrogens with one attached hydrogen (secondary N) is 1. The number of nitrogens with two attached hydrogens (primary N) is 1. The normalized spacial score (nSPS) is 10.4. The lowest BCUT2D eigenvalue weighted by atomic mass is 10.1. The molecule has 0 spiro atoms. The fraction of sp³-hybridized carbons (Fsp3) is 0.250. The van der Waals surface area contributed by atoms with Crippen LogP contribution in [0.25, 0.3) is 0 Å². The zero-order valence-electron chi connectivity index (χ0n) is 12.2. The molecule has 3 N–H and O–H groups in total. The Hall–Kier alpha value is -1.72. The van der Waals surface area contributed by atoms with Crippen molar-refractivity contribution in [2.45, 2.75) is 13.1 Å². The Labute approximate surface area is 133 Å². The van der Waals surface area contributed by atoms with Crippen LogP contribution in [-0.4, -0.2) is 14.2 Å². The largest absolute Gasteiger partial charge is 0.493 e. The molecular formula is C16H19BrN2O2. The van der Waals surface area contributed by atoms with Crippen LogP contribution in [0.2, 0.25) is 0 Å². The number of para-hydroxylation sites is 1. The molecule has 0 saturated heterocycles. The van der Waals surface area contributed by atoms with E-state index in [-0.39, 0.29) is 0 Å². The van der Waals surface area contributed by atoms with Crippen LogP contribution in [0.1, 0.15) is 11.1 Å². The van der Waals surface area contributed by atoms with Crippen LogP contribution in [0.3, 0.4) is 0 Å². The Morgan fingerprint density at radius 1 is 1.05 bits per heavy atom. The van der Waals surface area contributed by atoms with Gasteiger partial charge in [-0.3, -0.25) is 0 Å². The highest BCUT2D eigenvalue weighted by Gasteiger charge is 2.09. The minimum atomic E-state index is 0.676. The van der Waals surface area contributed by atoms with Gasteiger partial charge in [-0.25, -0.2) is 0 Å². The molecule has 5 heteroatoms. The highest BCUT2D eigenvalue weighted by atomic mass is 79.9. The zero-order valence-corrected chi connectivity index (χ0v) is 13.7. The lowest BCUT2D eigenvalue weighted by Crippen LogP contribution is -2.14. The van der Waals surface area contributed by atoms with Gasteiger partial charge in [0.25, 0.3) is 0 Å². The quantitative estimate of drug-likeness (QED) is 0.784. The third-order valence-corrected chi connectivity index (χ3v) is 3.72. The number of hydrogen-bond donors (Lipinski definition) is 2. The van der Waals surface area contributed by atoms with Crippen molar-refractivity contribution in [3.05, 3.63) is 52.0 Å². The molecule has 0 aliphatic carbocycles. The lowest BCUT2D eigenvalue weighted by Gasteiger charge is -2.13. The van der Waals surface area contributed by atoms with Crippen molar-refractivity contribution in [3.63, 3.8) is 0 Å². The van der Waals surface area contributed by atoms with Crippen molar-refractivity contribution in [2.75, 3.05) is 20.0 Å². The van der Waals surface area contributed by atoms with Gasteiger partial charge in [0.15, 0.2) is 11.5 Å². The molecule has 0 aromatic heterocycles. The van der Waals surface area contributed by atoms with E-state index in [0.29, 0.717) is 13.1 Å². The lowest BCUT2D eigenvalue weighted by molar-refractivity contribution is 0.350. The van der Waals surface area contributed by atoms with Crippen LogP contribution < -0.4 is 20.5 Å². The Kier molecular flexibility index (Phi) is 5.47. The Balaban J connectivity index is 2.03. The van der Waals surface area contributed by atoms with Gasteiger partial charge in [0.05, 0.1) is 14.2 Å². The molecule has 0 aliphatic rings. The molecule has 0 saturated carbocycles. The molecule has 0 unspecified atom stereocenters. The molecule has 0 atom stereocenters. The van der Waals surface area contributed by atoms with Gasteiger partial charge in [0.2, 0.25) is 0 Å². The second-order valence-electron chi connectivity index (χ2n) is 4.60. The maximum atomic E-state index is 5.99. The summed E-state index contributed by atoms with van der Waals surface area (Å²) in [5.74, 6) is 1.50. The van der Waals surface area contributed by atoms with E-state index in [1.165, 1.54) is 0 Å². The number of anilines is 1. The van der Waals surface area contributed by atoms with Crippen molar-refractivity contribution < 1.29 is 9.47 Å². The summed E-state index contributed by atoms with van der Waals surface area (Å²) in [5.41, 5.74) is 8.88. The number of benzene rings is 2. The molecule has 2 rings (SSSR count). The van der Waals surface area contributed by atoms with E-state index >= 15 is 0 Å². The molecule has 4 nitrogen and oxygen atoms in total. The van der Waals surface area contributed by atoms with Gasteiger partial charge in [-0.2, -0.15) is 0 Å². The van der Waals surface area contributed by atoms with Gasteiger partial charge < -0.3 is 20.5 Å². The van der Waals surface area contributed by atoms with Crippen LogP contribution in [0.15, 0.2) is 40.9 Å². The third kappa shape index (κ3) is 3.89. The summed E-state index contributed by atoms with van der Waals surface area (Å²) in [6.07, 6.45) is 0. The van der Waals surface area contributed by atoms with Crippen molar-refractivity contribution in [2.24, 2.45) is 0 Å². The third-order valence-electron chi connectivity index (χ3n) is 3.22. The minimum Gasteiger partial charge on any atom is -0.493 e. The Morgan fingerprint density at radius 3 is 2.48 bits per heavy atom. The molecule has 0 amide bonds. The molecule has 0 fully saturated rings. The van der Waals surface area contributed by atoms with Crippen LogP contribution in [0.5, 0.6) is 11.5 Å². The fourth-order valence-electron chi connectivity index (χ4n) is 2.15. The topological polar surface area (TPSA) is 56.5 Å². The number of ether oxygens (including phenoxy) is 2. The number of halogens is 1. The molecule has 112 valence electrons. The molecule has 2 aromatic carbocycles. The van der Waals surface area contributed by atoms with Gasteiger partial charge in [-0.1, -0.05) is 34.1 Å². The summed E-state index contributed by atoms with van der Waals surface area (Å²) in [5, 5.41) is 3.37. The Morgan fingerprint density at radius 2 is 1.81 bits per heavy atom. The van der Waals surface area contributed by atoms with E-state index in [4.69, 9.17) is 15.2 Å². The van der Waals surface area contributed by atoms with Crippen molar-refractivity contribution in [1.82, 2.24) is 5.32 Å². The van der Waals surface area contributed by atoms with Gasteiger partial charge in [0, 0.05) is 28.8 Å². The first kappa shape index (κ1) is 15.7. The highest BCUT2D eigenvalue weighted by molar-refractivity contribution is 9.10. The van der Waals surface area contributed by atoms with Gasteiger partial charge >= 0.3 is 0 Å². The molecule has 0 bridgehead atoms. The van der Waals surface area contributed by atoms with E-state index < -0.39 is 0 Å². The summed E-state index contributed by atoms with van der Waals surface area (Å²) in [6, 6.07) is 11.7. The second-order valence-corrected chi connectivity index (χ2v) is 5.52. The average Bonchev–Trinajstić information content (AvgIpc) is 2.49. The summed E-state index contributed by atoms with van der Waals surface area (Å²) < 4.78 is 11.7. The average molecular weight is 351 g/mol. The summed E-state index contributed by atoms with van der Waals surface area (Å²) >= 11 is 3.41. The van der Waals surface area contributed by atoms with Gasteiger partial charge in [-0.15, -0.1) is 0 Å². The van der Waals surface area contributed by atoms with Crippen LogP contribution in [-0.2, 0) is 13.1 Å². The number of rotatable bonds is 6. The van der Waals surface area contributed by atoms with E-state index in [2.05, 4.69) is 21.2 Å². The van der Waals surface area contributed by atoms with E-state index in [0.717, 1.165) is 32.8 Å². The first-order valence-corrected chi connectivity index (χ1v) is 7.39. The molecule has 0 heterocycles. The maximum absolute atomic E-state index is 5.99. The van der Waals surface area contributed by atoms with Crippen molar-refractivity contribution >= 4 is 21.6 Å². The van der Waals surface area contributed by atoms with Crippen molar-refractivity contribution in [1.29, 1.82) is 0 Å². The number of hydrogen-bond acceptors (Lipinski definition) is 4. The fourth-order valence-corrected chi connectivity index (χ4v) is 2.53. The van der Waals surface area contributed by atoms with Crippen LogP contribution >= 0.6 is 15.9 Å². The SMILES string of the molecule is COc1cccc(CNCc2ccc(Br)cc2N)c1OC. The standard InChI is InChI=1S/C16H19BrN2O2/c1-20-15-5-3-4-12(16(15)21-2)10-19-9-11-6-7-13(17)8-14(11)18/h3-8,19H,9-10,18H2,1-2H3. The van der Waals surface area contributed by atoms with E-state index in [1.54, 1.807) is 14.2 Å². The summed E-state index contributed by atoms with van der Waals surface area (Å²) in [7, 11) is 3.28. The maximum Gasteiger partial charge on any atom is 0.165 e. The van der Waals surface area contributed by atoms with Crippen molar-refractivity contribution in [3.8, 4) is 11.5 Å². The predicted molar refractivity (Wildman–Crippen MR) is 88.6 cm³/mol. The first-order chi connectivity index (χ1) is 10.2. The molecule has 0 aliphatic heterocycles. The molecule has 21 heavy (non-hydrogen) atoms. The molecule has 0 radical (unpaired) electrons. The van der Waals surface area contributed by atoms with E-state index in [1.807, 2.05) is 36.4 Å². The zero-order chi connectivity index (χ0) is 15.2. The van der Waals surface area contributed by atoms with E-state index in [9.17, 15) is 0 Å². The minimum absolute atomic E-state index is 0.676. The summed E-state index contributed by atoms with van der Waals surface area (Å²) in [4.78, 5) is 0. The summed E-state index contributed by atoms with van der Waals surface area (Å²) in [6.45, 7) is 1.37. The van der Waals surface area contributed by atoms with Gasteiger partial charge in [-0.05, 0) is 23.8 Å². The van der Waals surface area contributed by atoms with Gasteiger partial charge in [0.1, 0.15) is 0 Å². The van der Waals surface area contributed by atoms with Crippen LogP contribution in [0, 0.1) is 0 Å². The Bertz CT molecular complexity index is 617. The first-order valence-electron chi connectivity index (χ1n) is 6.60. The predicted octanol–water partition coefficient (Wildman–Crippen LogP) is 3.34. The number of nitrogen functional groups attached to an aromatic ring is 1. The second kappa shape index (κ2) is 7.33.